The first kappa shape index (κ1) is 24.9. The van der Waals surface area contributed by atoms with Crippen molar-refractivity contribution in [3.05, 3.63) is 78.6 Å². The van der Waals surface area contributed by atoms with Crippen molar-refractivity contribution in [1.29, 1.82) is 0 Å². The minimum atomic E-state index is -2.22. The van der Waals surface area contributed by atoms with Crippen LogP contribution in [0.3, 0.4) is 0 Å². The van der Waals surface area contributed by atoms with Gasteiger partial charge in [-0.3, -0.25) is 9.36 Å². The first-order valence-electron chi connectivity index (χ1n) is 11.7. The standard InChI is InChI=1S/C26H26ClN7O2S/c1-3-24(35)29-21-8-9-23-18(16-21)10-11-34(23)25-22(27)17-28-26(31-25)30-19-4-6-20(7-5-19)32-37(36)14-12-33(2)13-15-37/h3-11,16-17H,1,12-15H2,2H3,(H,29,35)(H,28,30,31). The fourth-order valence-electron chi connectivity index (χ4n) is 4.01. The summed E-state index contributed by atoms with van der Waals surface area (Å²) in [5, 5.41) is 7.25. The SMILES string of the molecule is C=CC(=O)Nc1ccc2c(ccn2-c2nc(Nc3ccc(N=S4(=O)CCN(C)CC4)cc3)ncc2Cl)c1. The topological polar surface area (TPSA) is 105 Å². The summed E-state index contributed by atoms with van der Waals surface area (Å²) in [6.45, 7) is 5.06. The highest BCUT2D eigenvalue weighted by Crippen LogP contribution is 2.28. The molecule has 1 amide bonds. The lowest BCUT2D eigenvalue weighted by Gasteiger charge is -2.24. The minimum Gasteiger partial charge on any atom is -0.324 e. The molecule has 1 aliphatic rings. The molecule has 1 fully saturated rings. The van der Waals surface area contributed by atoms with E-state index >= 15 is 0 Å². The van der Waals surface area contributed by atoms with Crippen LogP contribution in [0.5, 0.6) is 0 Å². The van der Waals surface area contributed by atoms with Gasteiger partial charge < -0.3 is 15.5 Å². The van der Waals surface area contributed by atoms with E-state index in [4.69, 9.17) is 11.6 Å². The molecule has 2 aromatic carbocycles. The number of anilines is 3. The lowest BCUT2D eigenvalue weighted by atomic mass is 10.2. The molecule has 0 radical (unpaired) electrons. The minimum absolute atomic E-state index is 0.273. The van der Waals surface area contributed by atoms with Crippen molar-refractivity contribution in [2.24, 2.45) is 4.36 Å². The average molecular weight is 536 g/mol. The van der Waals surface area contributed by atoms with Gasteiger partial charge in [0.1, 0.15) is 5.02 Å². The molecule has 4 aromatic rings. The van der Waals surface area contributed by atoms with Gasteiger partial charge in [-0.15, -0.1) is 0 Å². The molecule has 11 heteroatoms. The summed E-state index contributed by atoms with van der Waals surface area (Å²) >= 11 is 6.46. The number of fused-ring (bicyclic) bond motifs is 1. The fourth-order valence-corrected chi connectivity index (χ4v) is 6.28. The Bertz CT molecular complexity index is 1590. The summed E-state index contributed by atoms with van der Waals surface area (Å²) in [5.41, 5.74) is 3.00. The summed E-state index contributed by atoms with van der Waals surface area (Å²) in [7, 11) is -0.183. The number of halogens is 1. The molecule has 3 heterocycles. The molecule has 9 nitrogen and oxygen atoms in total. The van der Waals surface area contributed by atoms with E-state index in [0.717, 1.165) is 29.7 Å². The van der Waals surface area contributed by atoms with E-state index in [9.17, 15) is 9.00 Å². The van der Waals surface area contributed by atoms with E-state index in [2.05, 4.69) is 36.4 Å². The van der Waals surface area contributed by atoms with Gasteiger partial charge in [-0.1, -0.05) is 18.2 Å². The van der Waals surface area contributed by atoms with E-state index in [0.29, 0.717) is 39.7 Å². The number of hydrogen-bond donors (Lipinski definition) is 2. The second kappa shape index (κ2) is 10.3. The van der Waals surface area contributed by atoms with Crippen molar-refractivity contribution in [2.45, 2.75) is 0 Å². The molecule has 0 unspecified atom stereocenters. The number of nitrogens with zero attached hydrogens (tertiary/aromatic N) is 5. The molecular formula is C26H26ClN7O2S. The Kier molecular flexibility index (Phi) is 6.96. The summed E-state index contributed by atoms with van der Waals surface area (Å²) in [6, 6.07) is 14.9. The number of aromatic nitrogens is 3. The van der Waals surface area contributed by atoms with Gasteiger partial charge in [0.05, 0.1) is 27.1 Å². The highest BCUT2D eigenvalue weighted by molar-refractivity contribution is 7.93. The monoisotopic (exact) mass is 535 g/mol. The molecule has 0 spiro atoms. The average Bonchev–Trinajstić information content (AvgIpc) is 3.31. The van der Waals surface area contributed by atoms with Crippen LogP contribution in [0.1, 0.15) is 0 Å². The number of benzene rings is 2. The highest BCUT2D eigenvalue weighted by Gasteiger charge is 2.18. The third kappa shape index (κ3) is 5.66. The van der Waals surface area contributed by atoms with Crippen LogP contribution in [0.2, 0.25) is 5.02 Å². The molecule has 0 atom stereocenters. The first-order valence-corrected chi connectivity index (χ1v) is 13.9. The number of hydrogen-bond acceptors (Lipinski definition) is 7. The van der Waals surface area contributed by atoms with Crippen LogP contribution in [0, 0.1) is 0 Å². The second-order valence-corrected chi connectivity index (χ2v) is 11.7. The van der Waals surface area contributed by atoms with Gasteiger partial charge in [-0.25, -0.2) is 9.19 Å². The Morgan fingerprint density at radius 3 is 2.59 bits per heavy atom. The van der Waals surface area contributed by atoms with E-state index in [-0.39, 0.29) is 5.91 Å². The third-order valence-corrected chi connectivity index (χ3v) is 8.53. The van der Waals surface area contributed by atoms with Gasteiger partial charge in [0.25, 0.3) is 0 Å². The van der Waals surface area contributed by atoms with E-state index in [1.807, 2.05) is 60.3 Å². The van der Waals surface area contributed by atoms with Crippen molar-refractivity contribution in [3.63, 3.8) is 0 Å². The van der Waals surface area contributed by atoms with Crippen LogP contribution < -0.4 is 10.6 Å². The molecule has 2 N–H and O–H groups in total. The maximum atomic E-state index is 13.0. The Balaban J connectivity index is 1.36. The van der Waals surface area contributed by atoms with Crippen LogP contribution >= 0.6 is 11.6 Å². The largest absolute Gasteiger partial charge is 0.324 e. The number of carbonyl (C=O) groups is 1. The smallest absolute Gasteiger partial charge is 0.247 e. The van der Waals surface area contributed by atoms with Crippen LogP contribution in [0.25, 0.3) is 16.7 Å². The van der Waals surface area contributed by atoms with Crippen LogP contribution in [0.4, 0.5) is 23.0 Å². The van der Waals surface area contributed by atoms with Gasteiger partial charge in [0, 0.05) is 47.6 Å². The zero-order valence-electron chi connectivity index (χ0n) is 20.2. The summed E-state index contributed by atoms with van der Waals surface area (Å²) in [6.07, 6.45) is 4.64. The lowest BCUT2D eigenvalue weighted by molar-refractivity contribution is -0.111. The normalized spacial score (nSPS) is 15.3. The van der Waals surface area contributed by atoms with Gasteiger partial charge in [0.2, 0.25) is 11.9 Å². The molecule has 0 bridgehead atoms. The van der Waals surface area contributed by atoms with Gasteiger partial charge in [0.15, 0.2) is 5.82 Å². The van der Waals surface area contributed by atoms with E-state index in [1.165, 1.54) is 6.08 Å². The zero-order chi connectivity index (χ0) is 26.0. The molecule has 37 heavy (non-hydrogen) atoms. The van der Waals surface area contributed by atoms with E-state index in [1.54, 1.807) is 12.3 Å². The summed E-state index contributed by atoms with van der Waals surface area (Å²) < 4.78 is 19.4. The number of rotatable bonds is 6. The predicted octanol–water partition coefficient (Wildman–Crippen LogP) is 4.99. The Morgan fingerprint density at radius 1 is 1.14 bits per heavy atom. The van der Waals surface area contributed by atoms with Gasteiger partial charge in [-0.2, -0.15) is 9.35 Å². The maximum absolute atomic E-state index is 13.0. The first-order chi connectivity index (χ1) is 17.8. The maximum Gasteiger partial charge on any atom is 0.247 e. The Hall–Kier alpha value is -3.73. The quantitative estimate of drug-likeness (QED) is 0.337. The van der Waals surface area contributed by atoms with Crippen LogP contribution in [-0.2, 0) is 14.5 Å². The molecule has 0 saturated carbocycles. The number of amides is 1. The van der Waals surface area contributed by atoms with Crippen molar-refractivity contribution < 1.29 is 9.00 Å². The zero-order valence-corrected chi connectivity index (χ0v) is 21.8. The third-order valence-electron chi connectivity index (χ3n) is 6.08. The van der Waals surface area contributed by atoms with Crippen LogP contribution in [-0.4, -0.2) is 61.2 Å². The highest BCUT2D eigenvalue weighted by atomic mass is 35.5. The number of nitrogens with one attached hydrogen (secondary N) is 2. The van der Waals surface area contributed by atoms with Crippen LogP contribution in [0.15, 0.2) is 77.9 Å². The van der Waals surface area contributed by atoms with Crippen molar-refractivity contribution >= 4 is 61.2 Å². The molecule has 1 saturated heterocycles. The van der Waals surface area contributed by atoms with Crippen molar-refractivity contribution in [1.82, 2.24) is 19.4 Å². The van der Waals surface area contributed by atoms with Gasteiger partial charge >= 0.3 is 0 Å². The van der Waals surface area contributed by atoms with E-state index < -0.39 is 9.73 Å². The fraction of sp³-hybridized carbons (Fsp3) is 0.192. The summed E-state index contributed by atoms with van der Waals surface area (Å²) in [4.78, 5) is 22.7. The molecule has 0 aliphatic carbocycles. The Morgan fingerprint density at radius 2 is 1.86 bits per heavy atom. The van der Waals surface area contributed by atoms with Crippen molar-refractivity contribution in [2.75, 3.05) is 42.3 Å². The second-order valence-electron chi connectivity index (χ2n) is 8.77. The lowest BCUT2D eigenvalue weighted by Crippen LogP contribution is -2.37. The van der Waals surface area contributed by atoms with Gasteiger partial charge in [-0.05, 0) is 61.7 Å². The molecule has 1 aliphatic heterocycles. The van der Waals surface area contributed by atoms with Crippen molar-refractivity contribution in [3.8, 4) is 5.82 Å². The predicted molar refractivity (Wildman–Crippen MR) is 150 cm³/mol. The number of carbonyl (C=O) groups excluding carboxylic acids is 1. The molecular weight excluding hydrogens is 510 g/mol. The molecule has 2 aromatic heterocycles. The molecule has 190 valence electrons. The molecule has 5 rings (SSSR count). The Labute approximate surface area is 220 Å². The summed E-state index contributed by atoms with van der Waals surface area (Å²) in [5.74, 6) is 1.79.